The fourth-order valence-corrected chi connectivity index (χ4v) is 3.44. The highest BCUT2D eigenvalue weighted by Crippen LogP contribution is 2.22. The monoisotopic (exact) mass is 376 g/mol. The highest BCUT2D eigenvalue weighted by molar-refractivity contribution is 5.98. The summed E-state index contributed by atoms with van der Waals surface area (Å²) in [6, 6.07) is 16.6. The molecule has 1 N–H and O–H groups in total. The molecule has 0 radical (unpaired) electrons. The van der Waals surface area contributed by atoms with Crippen LogP contribution >= 0.6 is 0 Å². The Morgan fingerprint density at radius 1 is 1.04 bits per heavy atom. The van der Waals surface area contributed by atoms with E-state index >= 15 is 0 Å². The summed E-state index contributed by atoms with van der Waals surface area (Å²) in [6.45, 7) is 1.01. The summed E-state index contributed by atoms with van der Waals surface area (Å²) < 4.78 is 1.47. The van der Waals surface area contributed by atoms with E-state index in [0.717, 1.165) is 18.5 Å². The van der Waals surface area contributed by atoms with Crippen LogP contribution in [0.1, 0.15) is 23.2 Å². The van der Waals surface area contributed by atoms with Gasteiger partial charge in [0.15, 0.2) is 0 Å². The number of aromatic nitrogens is 4. The van der Waals surface area contributed by atoms with Crippen molar-refractivity contribution in [2.45, 2.75) is 12.8 Å². The number of carbonyl (C=O) groups excluding carboxylic acids is 2. The van der Waals surface area contributed by atoms with Crippen molar-refractivity contribution >= 4 is 17.5 Å². The summed E-state index contributed by atoms with van der Waals surface area (Å²) in [6.07, 6.45) is 3.00. The number of anilines is 1. The molecule has 0 saturated carbocycles. The van der Waals surface area contributed by atoms with Gasteiger partial charge in [-0.25, -0.2) is 0 Å². The molecule has 3 aromatic rings. The maximum absolute atomic E-state index is 13.2. The Kier molecular flexibility index (Phi) is 5.09. The van der Waals surface area contributed by atoms with Gasteiger partial charge in [0.2, 0.25) is 5.91 Å². The lowest BCUT2D eigenvalue weighted by atomic mass is 9.96. The predicted octanol–water partition coefficient (Wildman–Crippen LogP) is 2.15. The summed E-state index contributed by atoms with van der Waals surface area (Å²) in [7, 11) is 0. The fraction of sp³-hybridized carbons (Fsp3) is 0.250. The minimum atomic E-state index is -0.238. The van der Waals surface area contributed by atoms with Crippen molar-refractivity contribution in [2.24, 2.45) is 5.92 Å². The van der Waals surface area contributed by atoms with Gasteiger partial charge in [0.25, 0.3) is 5.91 Å². The van der Waals surface area contributed by atoms with E-state index in [1.54, 1.807) is 17.0 Å². The summed E-state index contributed by atoms with van der Waals surface area (Å²) >= 11 is 0. The van der Waals surface area contributed by atoms with E-state index in [1.807, 2.05) is 42.5 Å². The summed E-state index contributed by atoms with van der Waals surface area (Å²) in [5.41, 5.74) is 1.90. The predicted molar refractivity (Wildman–Crippen MR) is 103 cm³/mol. The van der Waals surface area contributed by atoms with Crippen LogP contribution in [0.4, 0.5) is 5.69 Å². The Morgan fingerprint density at radius 3 is 2.61 bits per heavy atom. The number of nitrogens with one attached hydrogen (secondary N) is 1. The van der Waals surface area contributed by atoms with E-state index in [0.29, 0.717) is 24.3 Å². The normalized spacial score (nSPS) is 16.6. The van der Waals surface area contributed by atoms with Crippen LogP contribution in [-0.2, 0) is 4.79 Å². The van der Waals surface area contributed by atoms with Crippen LogP contribution < -0.4 is 5.32 Å². The van der Waals surface area contributed by atoms with Gasteiger partial charge in [-0.2, -0.15) is 4.68 Å². The number of benzene rings is 2. The first-order valence-corrected chi connectivity index (χ1v) is 9.20. The maximum Gasteiger partial charge on any atom is 0.256 e. The number of amides is 2. The quantitative estimate of drug-likeness (QED) is 0.753. The maximum atomic E-state index is 13.2. The summed E-state index contributed by atoms with van der Waals surface area (Å²) in [4.78, 5) is 27.5. The second kappa shape index (κ2) is 7.99. The molecule has 1 aliphatic heterocycles. The second-order valence-electron chi connectivity index (χ2n) is 6.72. The number of nitrogens with zero attached hydrogens (tertiary/aromatic N) is 5. The van der Waals surface area contributed by atoms with Crippen molar-refractivity contribution in [3.8, 4) is 5.69 Å². The zero-order valence-corrected chi connectivity index (χ0v) is 15.2. The van der Waals surface area contributed by atoms with Crippen molar-refractivity contribution in [1.29, 1.82) is 0 Å². The molecule has 1 fully saturated rings. The van der Waals surface area contributed by atoms with Gasteiger partial charge >= 0.3 is 0 Å². The second-order valence-corrected chi connectivity index (χ2v) is 6.72. The molecular formula is C20H20N6O2. The van der Waals surface area contributed by atoms with Crippen LogP contribution in [-0.4, -0.2) is 50.0 Å². The van der Waals surface area contributed by atoms with Crippen molar-refractivity contribution in [1.82, 2.24) is 25.1 Å². The number of hydrogen-bond acceptors (Lipinski definition) is 5. The first kappa shape index (κ1) is 17.8. The molecule has 142 valence electrons. The zero-order valence-electron chi connectivity index (χ0n) is 15.2. The van der Waals surface area contributed by atoms with Crippen LogP contribution in [0, 0.1) is 5.92 Å². The number of tetrazole rings is 1. The smallest absolute Gasteiger partial charge is 0.256 e. The lowest BCUT2D eigenvalue weighted by molar-refractivity contribution is -0.121. The first-order valence-electron chi connectivity index (χ1n) is 9.20. The van der Waals surface area contributed by atoms with E-state index in [9.17, 15) is 9.59 Å². The van der Waals surface area contributed by atoms with Gasteiger partial charge in [-0.05, 0) is 47.5 Å². The molecule has 1 aromatic heterocycles. The van der Waals surface area contributed by atoms with Crippen LogP contribution in [0.5, 0.6) is 0 Å². The van der Waals surface area contributed by atoms with Gasteiger partial charge in [-0.1, -0.05) is 30.3 Å². The molecule has 4 rings (SSSR count). The molecular weight excluding hydrogens is 356 g/mol. The molecule has 0 spiro atoms. The standard InChI is InChI=1S/C20H20N6O2/c27-19(22-16-8-2-1-3-9-16)15-7-6-12-25(13-15)20(28)17-10-4-5-11-18(17)26-14-21-23-24-26/h1-5,8-11,14-15H,6-7,12-13H2,(H,22,27). The Hall–Kier alpha value is -3.55. The van der Waals surface area contributed by atoms with Gasteiger partial charge in [-0.3, -0.25) is 9.59 Å². The van der Waals surface area contributed by atoms with E-state index in [4.69, 9.17) is 0 Å². The number of para-hydroxylation sites is 2. The van der Waals surface area contributed by atoms with Crippen LogP contribution in [0.3, 0.4) is 0 Å². The Labute approximate surface area is 162 Å². The molecule has 8 nitrogen and oxygen atoms in total. The molecule has 2 heterocycles. The number of hydrogen-bond donors (Lipinski definition) is 1. The molecule has 2 aromatic carbocycles. The third-order valence-electron chi connectivity index (χ3n) is 4.85. The summed E-state index contributed by atoms with van der Waals surface area (Å²) in [5.74, 6) is -0.418. The molecule has 0 aliphatic carbocycles. The number of piperidine rings is 1. The van der Waals surface area contributed by atoms with E-state index in [2.05, 4.69) is 20.8 Å². The van der Waals surface area contributed by atoms with Crippen molar-refractivity contribution in [3.63, 3.8) is 0 Å². The lowest BCUT2D eigenvalue weighted by Gasteiger charge is -2.32. The van der Waals surface area contributed by atoms with Gasteiger partial charge in [0.1, 0.15) is 6.33 Å². The molecule has 1 atom stereocenters. The van der Waals surface area contributed by atoms with Crippen LogP contribution in [0.25, 0.3) is 5.69 Å². The lowest BCUT2D eigenvalue weighted by Crippen LogP contribution is -2.44. The fourth-order valence-electron chi connectivity index (χ4n) is 3.44. The molecule has 1 aliphatic rings. The number of likely N-dealkylation sites (tertiary alicyclic amines) is 1. The molecule has 0 bridgehead atoms. The molecule has 1 saturated heterocycles. The molecule has 1 unspecified atom stereocenters. The van der Waals surface area contributed by atoms with Crippen LogP contribution in [0.2, 0.25) is 0 Å². The molecule has 8 heteroatoms. The zero-order chi connectivity index (χ0) is 19.3. The third-order valence-corrected chi connectivity index (χ3v) is 4.85. The van der Waals surface area contributed by atoms with E-state index in [-0.39, 0.29) is 17.7 Å². The van der Waals surface area contributed by atoms with Crippen molar-refractivity contribution in [2.75, 3.05) is 18.4 Å². The number of rotatable bonds is 4. The number of carbonyl (C=O) groups is 2. The Bertz CT molecular complexity index is 958. The van der Waals surface area contributed by atoms with Gasteiger partial charge in [-0.15, -0.1) is 5.10 Å². The first-order chi connectivity index (χ1) is 13.7. The van der Waals surface area contributed by atoms with Crippen LogP contribution in [0.15, 0.2) is 60.9 Å². The highest BCUT2D eigenvalue weighted by atomic mass is 16.2. The van der Waals surface area contributed by atoms with E-state index in [1.165, 1.54) is 11.0 Å². The molecule has 2 amide bonds. The average Bonchev–Trinajstić information content (AvgIpc) is 3.29. The Balaban J connectivity index is 1.49. The van der Waals surface area contributed by atoms with Crippen molar-refractivity contribution < 1.29 is 9.59 Å². The minimum absolute atomic E-state index is 0.0579. The largest absolute Gasteiger partial charge is 0.338 e. The average molecular weight is 376 g/mol. The van der Waals surface area contributed by atoms with Crippen molar-refractivity contribution in [3.05, 3.63) is 66.5 Å². The summed E-state index contributed by atoms with van der Waals surface area (Å²) in [5, 5.41) is 14.1. The SMILES string of the molecule is O=C(Nc1ccccc1)C1CCCN(C(=O)c2ccccc2-n2cnnn2)C1. The Morgan fingerprint density at radius 2 is 1.82 bits per heavy atom. The van der Waals surface area contributed by atoms with Gasteiger partial charge in [0, 0.05) is 18.8 Å². The van der Waals surface area contributed by atoms with Gasteiger partial charge in [0.05, 0.1) is 17.2 Å². The molecule has 28 heavy (non-hydrogen) atoms. The minimum Gasteiger partial charge on any atom is -0.338 e. The topological polar surface area (TPSA) is 93.0 Å². The van der Waals surface area contributed by atoms with E-state index < -0.39 is 0 Å². The third kappa shape index (κ3) is 3.75. The van der Waals surface area contributed by atoms with Gasteiger partial charge < -0.3 is 10.2 Å². The highest BCUT2D eigenvalue weighted by Gasteiger charge is 2.30.